The van der Waals surface area contributed by atoms with Crippen LogP contribution in [0.15, 0.2) is 194 Å². The van der Waals surface area contributed by atoms with Gasteiger partial charge in [-0.3, -0.25) is 0 Å². The molecule has 68 heavy (non-hydrogen) atoms. The monoisotopic (exact) mass is 893 g/mol. The fraction of sp³-hybridized carbons (Fsp3) is 0.242. The highest BCUT2D eigenvalue weighted by Crippen LogP contribution is 2.39. The van der Waals surface area contributed by atoms with Gasteiger partial charge in [0, 0.05) is 28.0 Å². The SMILES string of the molecule is CC(C)(C)c1c(-c2ccc3ccccc3c2)[nH]c2ccccc12.CC(C)(C)c1c[nH]c2ccccc12.CC(C)(C)c1ccc(/C=C/c2ccccc2)cc1.CC(C)(C)c1ccc2ccccc2c1. The number of para-hydroxylation sites is 2. The second-order valence-electron chi connectivity index (χ2n) is 22.2. The van der Waals surface area contributed by atoms with Crippen molar-refractivity contribution >= 4 is 55.5 Å². The van der Waals surface area contributed by atoms with Crippen molar-refractivity contribution in [3.05, 3.63) is 228 Å². The predicted octanol–water partition coefficient (Wildman–Crippen LogP) is 19.0. The zero-order valence-electron chi connectivity index (χ0n) is 42.6. The van der Waals surface area contributed by atoms with Gasteiger partial charge in [0.25, 0.3) is 0 Å². The van der Waals surface area contributed by atoms with E-state index in [1.807, 2.05) is 6.07 Å². The molecule has 10 rings (SSSR count). The average Bonchev–Trinajstić information content (AvgIpc) is 3.95. The number of aromatic amines is 2. The first-order chi connectivity index (χ1) is 32.3. The third-order valence-electron chi connectivity index (χ3n) is 12.6. The normalized spacial score (nSPS) is 12.1. The summed E-state index contributed by atoms with van der Waals surface area (Å²) in [6.45, 7) is 27.0. The molecule has 0 aliphatic rings. The van der Waals surface area contributed by atoms with Crippen molar-refractivity contribution < 1.29 is 0 Å². The standard InChI is InChI=1S/C22H21N.C18H20.C14H16.C12H15N/c1-22(2,3)20-18-10-6-7-11-19(18)23-21(20)17-13-12-15-8-4-5-9-16(15)14-17;1-18(2,3)17-13-11-16(12-14-17)10-9-15-7-5-4-6-8-15;1-14(2,3)13-9-8-11-6-4-5-7-12(11)10-13;1-12(2,3)10-8-13-11-7-5-4-6-9(10)11/h4-14,23H,1-3H3;4-14H,1-3H3;4-10H,1-3H3;4-8,13H,1-3H3/b;10-9+;;. The Kier molecular flexibility index (Phi) is 14.8. The summed E-state index contributed by atoms with van der Waals surface area (Å²) in [5.74, 6) is 0. The highest BCUT2D eigenvalue weighted by molar-refractivity contribution is 5.94. The number of aromatic nitrogens is 2. The molecule has 0 aliphatic heterocycles. The molecule has 2 aromatic heterocycles. The van der Waals surface area contributed by atoms with Gasteiger partial charge in [0.1, 0.15) is 0 Å². The molecule has 0 saturated heterocycles. The van der Waals surface area contributed by atoms with Crippen LogP contribution in [0.5, 0.6) is 0 Å². The van der Waals surface area contributed by atoms with Crippen LogP contribution in [0.2, 0.25) is 0 Å². The molecule has 0 bridgehead atoms. The molecule has 2 heteroatoms. The Morgan fingerprint density at radius 3 is 1.40 bits per heavy atom. The maximum atomic E-state index is 3.65. The summed E-state index contributed by atoms with van der Waals surface area (Å²) in [4.78, 5) is 6.95. The van der Waals surface area contributed by atoms with Gasteiger partial charge in [-0.15, -0.1) is 0 Å². The van der Waals surface area contributed by atoms with Gasteiger partial charge in [0.05, 0.1) is 5.69 Å². The van der Waals surface area contributed by atoms with Gasteiger partial charge in [-0.05, 0) is 100 Å². The van der Waals surface area contributed by atoms with Crippen LogP contribution >= 0.6 is 0 Å². The highest BCUT2D eigenvalue weighted by atomic mass is 14.7. The van der Waals surface area contributed by atoms with Crippen molar-refractivity contribution in [1.82, 2.24) is 9.97 Å². The minimum atomic E-state index is 0.0839. The molecule has 0 amide bonds. The van der Waals surface area contributed by atoms with E-state index in [9.17, 15) is 0 Å². The van der Waals surface area contributed by atoms with Crippen LogP contribution in [0.3, 0.4) is 0 Å². The lowest BCUT2D eigenvalue weighted by Gasteiger charge is -2.20. The summed E-state index contributed by atoms with van der Waals surface area (Å²) < 4.78 is 0. The van der Waals surface area contributed by atoms with Crippen LogP contribution in [-0.2, 0) is 21.7 Å². The van der Waals surface area contributed by atoms with Gasteiger partial charge in [0.15, 0.2) is 0 Å². The van der Waals surface area contributed by atoms with Crippen LogP contribution in [0.4, 0.5) is 0 Å². The van der Waals surface area contributed by atoms with E-state index in [-0.39, 0.29) is 21.7 Å². The quantitative estimate of drug-likeness (QED) is 0.166. The largest absolute Gasteiger partial charge is 0.361 e. The number of benzene rings is 8. The van der Waals surface area contributed by atoms with Crippen molar-refractivity contribution in [2.45, 2.75) is 105 Å². The van der Waals surface area contributed by atoms with E-state index in [4.69, 9.17) is 0 Å². The average molecular weight is 893 g/mol. The Balaban J connectivity index is 0.000000138. The van der Waals surface area contributed by atoms with Gasteiger partial charge in [-0.2, -0.15) is 0 Å². The van der Waals surface area contributed by atoms with E-state index < -0.39 is 0 Å². The van der Waals surface area contributed by atoms with Crippen molar-refractivity contribution in [2.75, 3.05) is 0 Å². The zero-order valence-corrected chi connectivity index (χ0v) is 42.6. The van der Waals surface area contributed by atoms with Crippen molar-refractivity contribution in [1.29, 1.82) is 0 Å². The van der Waals surface area contributed by atoms with Crippen LogP contribution in [0, 0.1) is 0 Å². The molecular formula is C66H72N2. The Bertz CT molecular complexity index is 3240. The van der Waals surface area contributed by atoms with Gasteiger partial charge < -0.3 is 9.97 Å². The first kappa shape index (κ1) is 49.0. The smallest absolute Gasteiger partial charge is 0.0502 e. The number of nitrogens with one attached hydrogen (secondary N) is 2. The lowest BCUT2D eigenvalue weighted by molar-refractivity contribution is 0.590. The first-order valence-corrected chi connectivity index (χ1v) is 24.3. The molecular weight excluding hydrogens is 821 g/mol. The van der Waals surface area contributed by atoms with Crippen LogP contribution in [0.1, 0.15) is 116 Å². The Labute approximate surface area is 407 Å². The zero-order chi connectivity index (χ0) is 48.7. The van der Waals surface area contributed by atoms with Crippen molar-refractivity contribution in [3.63, 3.8) is 0 Å². The number of H-pyrrole nitrogens is 2. The molecule has 0 atom stereocenters. The summed E-state index contributed by atoms with van der Waals surface area (Å²) in [6.07, 6.45) is 6.42. The third-order valence-corrected chi connectivity index (χ3v) is 12.6. The lowest BCUT2D eigenvalue weighted by atomic mass is 9.83. The summed E-state index contributed by atoms with van der Waals surface area (Å²) in [5, 5.41) is 7.88. The molecule has 2 heterocycles. The molecule has 0 fully saturated rings. The second kappa shape index (κ2) is 20.5. The van der Waals surface area contributed by atoms with E-state index in [0.717, 1.165) is 0 Å². The molecule has 8 aromatic carbocycles. The number of hydrogen-bond donors (Lipinski definition) is 2. The molecule has 0 aliphatic carbocycles. The lowest BCUT2D eigenvalue weighted by Crippen LogP contribution is -2.11. The summed E-state index contributed by atoms with van der Waals surface area (Å²) in [5.41, 5.74) is 13.7. The van der Waals surface area contributed by atoms with Gasteiger partial charge >= 0.3 is 0 Å². The van der Waals surface area contributed by atoms with E-state index in [2.05, 4.69) is 293 Å². The van der Waals surface area contributed by atoms with E-state index in [1.165, 1.54) is 88.0 Å². The van der Waals surface area contributed by atoms with Crippen molar-refractivity contribution in [2.24, 2.45) is 0 Å². The Hall–Kier alpha value is -6.90. The van der Waals surface area contributed by atoms with Gasteiger partial charge in [0.2, 0.25) is 0 Å². The van der Waals surface area contributed by atoms with Crippen LogP contribution in [-0.4, -0.2) is 9.97 Å². The number of hydrogen-bond acceptors (Lipinski definition) is 0. The molecule has 2 nitrogen and oxygen atoms in total. The molecule has 0 spiro atoms. The molecule has 346 valence electrons. The molecule has 0 saturated carbocycles. The van der Waals surface area contributed by atoms with E-state index in [1.54, 1.807) is 0 Å². The van der Waals surface area contributed by atoms with E-state index >= 15 is 0 Å². The molecule has 10 aromatic rings. The highest BCUT2D eigenvalue weighted by Gasteiger charge is 2.24. The summed E-state index contributed by atoms with van der Waals surface area (Å²) in [7, 11) is 0. The van der Waals surface area contributed by atoms with E-state index in [0.29, 0.717) is 0 Å². The molecule has 0 unspecified atom stereocenters. The van der Waals surface area contributed by atoms with Crippen molar-refractivity contribution in [3.8, 4) is 11.3 Å². The summed E-state index contributed by atoms with van der Waals surface area (Å²) in [6, 6.07) is 66.7. The third kappa shape index (κ3) is 12.3. The number of fused-ring (bicyclic) bond motifs is 4. The van der Waals surface area contributed by atoms with Gasteiger partial charge in [-0.1, -0.05) is 265 Å². The first-order valence-electron chi connectivity index (χ1n) is 24.3. The minimum absolute atomic E-state index is 0.0839. The Morgan fingerprint density at radius 2 is 0.824 bits per heavy atom. The maximum Gasteiger partial charge on any atom is 0.0502 e. The fourth-order valence-corrected chi connectivity index (χ4v) is 8.68. The second-order valence-corrected chi connectivity index (χ2v) is 22.2. The molecule has 2 N–H and O–H groups in total. The van der Waals surface area contributed by atoms with Crippen LogP contribution in [0.25, 0.3) is 66.8 Å². The Morgan fingerprint density at radius 1 is 0.353 bits per heavy atom. The summed E-state index contributed by atoms with van der Waals surface area (Å²) >= 11 is 0. The molecule has 0 radical (unpaired) electrons. The topological polar surface area (TPSA) is 31.6 Å². The maximum absolute atomic E-state index is 3.65. The van der Waals surface area contributed by atoms with Gasteiger partial charge in [-0.25, -0.2) is 0 Å². The number of rotatable bonds is 3. The minimum Gasteiger partial charge on any atom is -0.361 e. The fourth-order valence-electron chi connectivity index (χ4n) is 8.68. The van der Waals surface area contributed by atoms with Crippen LogP contribution < -0.4 is 0 Å². The predicted molar refractivity (Wildman–Crippen MR) is 300 cm³/mol.